The Hall–Kier alpha value is -1.65. The molecule has 1 N–H and O–H groups in total. The van der Waals surface area contributed by atoms with E-state index in [1.165, 1.54) is 0 Å². The van der Waals surface area contributed by atoms with E-state index in [0.29, 0.717) is 12.8 Å². The number of rotatable bonds is 4. The summed E-state index contributed by atoms with van der Waals surface area (Å²) < 4.78 is 2.91. The van der Waals surface area contributed by atoms with Crippen LogP contribution in [0.25, 0.3) is 10.9 Å². The van der Waals surface area contributed by atoms with Crippen LogP contribution in [0.3, 0.4) is 0 Å². The van der Waals surface area contributed by atoms with Crippen LogP contribution in [0.5, 0.6) is 0 Å². The van der Waals surface area contributed by atoms with Crippen molar-refractivity contribution in [3.63, 3.8) is 0 Å². The van der Waals surface area contributed by atoms with Crippen molar-refractivity contribution < 1.29 is 5.11 Å². The van der Waals surface area contributed by atoms with Crippen molar-refractivity contribution in [2.24, 2.45) is 7.05 Å². The molecule has 0 spiro atoms. The number of hydrogen-bond acceptors (Lipinski definition) is 2. The summed E-state index contributed by atoms with van der Waals surface area (Å²) in [4.78, 5) is 0. The lowest BCUT2D eigenvalue weighted by Gasteiger charge is -2.09. The smallest absolute Gasteiger partial charge is 0.0729 e. The number of para-hydroxylation sites is 1. The van der Waals surface area contributed by atoms with Gasteiger partial charge in [0, 0.05) is 23.3 Å². The van der Waals surface area contributed by atoms with Gasteiger partial charge in [0.25, 0.3) is 0 Å². The zero-order valence-electron chi connectivity index (χ0n) is 11.8. The lowest BCUT2D eigenvalue weighted by molar-refractivity contribution is 0.174. The summed E-state index contributed by atoms with van der Waals surface area (Å²) in [5.41, 5.74) is 3.18. The molecule has 0 bridgehead atoms. The molecule has 0 aliphatic heterocycles. The molecule has 1 aromatic heterocycles. The number of aliphatic hydroxyl groups excluding tert-OH is 1. The summed E-state index contributed by atoms with van der Waals surface area (Å²) in [6.45, 7) is 0. The van der Waals surface area contributed by atoms with Gasteiger partial charge < -0.3 is 5.11 Å². The van der Waals surface area contributed by atoms with Crippen LogP contribution in [0.2, 0.25) is 0 Å². The first kappa shape index (κ1) is 14.3. The summed E-state index contributed by atoms with van der Waals surface area (Å²) in [5, 5.41) is 16.0. The van der Waals surface area contributed by atoms with E-state index >= 15 is 0 Å². The monoisotopic (exact) mass is 344 g/mol. The molecular weight excluding hydrogens is 328 g/mol. The van der Waals surface area contributed by atoms with Crippen molar-refractivity contribution in [2.75, 3.05) is 0 Å². The minimum absolute atomic E-state index is 0.433. The number of aromatic nitrogens is 2. The molecule has 1 atom stereocenters. The van der Waals surface area contributed by atoms with Crippen LogP contribution in [0.4, 0.5) is 0 Å². The molecule has 0 radical (unpaired) electrons. The molecule has 0 fully saturated rings. The molecule has 0 aliphatic rings. The van der Waals surface area contributed by atoms with Gasteiger partial charge in [0.1, 0.15) is 0 Å². The van der Waals surface area contributed by atoms with E-state index in [1.807, 2.05) is 54.2 Å². The van der Waals surface area contributed by atoms with E-state index < -0.39 is 6.10 Å². The molecule has 0 saturated heterocycles. The van der Waals surface area contributed by atoms with Gasteiger partial charge in [-0.25, -0.2) is 0 Å². The third kappa shape index (κ3) is 3.17. The van der Waals surface area contributed by atoms with Crippen LogP contribution in [0.15, 0.2) is 53.0 Å². The van der Waals surface area contributed by atoms with E-state index in [0.717, 1.165) is 26.6 Å². The van der Waals surface area contributed by atoms with Crippen molar-refractivity contribution in [1.82, 2.24) is 9.78 Å². The highest BCUT2D eigenvalue weighted by atomic mass is 79.9. The van der Waals surface area contributed by atoms with Gasteiger partial charge in [-0.2, -0.15) is 5.10 Å². The molecule has 108 valence electrons. The van der Waals surface area contributed by atoms with E-state index in [4.69, 9.17) is 0 Å². The Morgan fingerprint density at radius 2 is 1.95 bits per heavy atom. The number of aryl methyl sites for hydroxylation is 1. The molecule has 3 aromatic rings. The maximum Gasteiger partial charge on any atom is 0.0729 e. The summed E-state index contributed by atoms with van der Waals surface area (Å²) >= 11 is 3.46. The van der Waals surface area contributed by atoms with Gasteiger partial charge in [-0.15, -0.1) is 0 Å². The van der Waals surface area contributed by atoms with E-state index in [1.54, 1.807) is 0 Å². The Labute approximate surface area is 132 Å². The van der Waals surface area contributed by atoms with Crippen LogP contribution in [0, 0.1) is 0 Å². The number of benzene rings is 2. The predicted molar refractivity (Wildman–Crippen MR) is 88.3 cm³/mol. The maximum absolute atomic E-state index is 10.4. The molecule has 3 nitrogen and oxygen atoms in total. The summed E-state index contributed by atoms with van der Waals surface area (Å²) in [6, 6.07) is 16.2. The van der Waals surface area contributed by atoms with Crippen molar-refractivity contribution >= 4 is 26.8 Å². The average Bonchev–Trinajstić information content (AvgIpc) is 2.76. The second-order valence-electron chi connectivity index (χ2n) is 5.28. The first-order chi connectivity index (χ1) is 10.1. The highest BCUT2D eigenvalue weighted by Crippen LogP contribution is 2.20. The maximum atomic E-state index is 10.4. The van der Waals surface area contributed by atoms with Crippen molar-refractivity contribution in [2.45, 2.75) is 18.9 Å². The van der Waals surface area contributed by atoms with E-state index in [2.05, 4.69) is 27.1 Å². The zero-order valence-corrected chi connectivity index (χ0v) is 13.4. The molecule has 0 amide bonds. The molecule has 2 aromatic carbocycles. The first-order valence-corrected chi connectivity index (χ1v) is 7.76. The van der Waals surface area contributed by atoms with Crippen molar-refractivity contribution in [3.8, 4) is 0 Å². The van der Waals surface area contributed by atoms with E-state index in [9.17, 15) is 5.11 Å². The summed E-state index contributed by atoms with van der Waals surface area (Å²) in [5.74, 6) is 0. The second kappa shape index (κ2) is 6.00. The quantitative estimate of drug-likeness (QED) is 0.786. The molecule has 1 unspecified atom stereocenters. The largest absolute Gasteiger partial charge is 0.392 e. The lowest BCUT2D eigenvalue weighted by Crippen LogP contribution is -2.14. The third-order valence-corrected chi connectivity index (χ3v) is 4.12. The molecule has 3 rings (SSSR count). The SMILES string of the molecule is Cn1nc(CC(O)Cc2cccc(Br)c2)c2ccccc21. The normalized spacial score (nSPS) is 12.7. The number of hydrogen-bond donors (Lipinski definition) is 1. The topological polar surface area (TPSA) is 38.0 Å². The van der Waals surface area contributed by atoms with Crippen molar-refractivity contribution in [1.29, 1.82) is 0 Å². The minimum atomic E-state index is -0.433. The van der Waals surface area contributed by atoms with Gasteiger partial charge >= 0.3 is 0 Å². The second-order valence-corrected chi connectivity index (χ2v) is 6.20. The predicted octanol–water partition coefficient (Wildman–Crippen LogP) is 3.48. The Bertz CT molecular complexity index is 766. The fourth-order valence-corrected chi connectivity index (χ4v) is 3.12. The number of aliphatic hydroxyl groups is 1. The van der Waals surface area contributed by atoms with Crippen molar-refractivity contribution in [3.05, 3.63) is 64.3 Å². The Morgan fingerprint density at radius 3 is 2.76 bits per heavy atom. The Balaban J connectivity index is 1.79. The standard InChI is InChI=1S/C17H17BrN2O/c1-20-17-8-3-2-7-15(17)16(19-20)11-14(21)10-12-5-4-6-13(18)9-12/h2-9,14,21H,10-11H2,1H3. The third-order valence-electron chi connectivity index (χ3n) is 3.62. The highest BCUT2D eigenvalue weighted by Gasteiger charge is 2.13. The molecule has 0 aliphatic carbocycles. The van der Waals surface area contributed by atoms with Gasteiger partial charge in [0.15, 0.2) is 0 Å². The zero-order chi connectivity index (χ0) is 14.8. The average molecular weight is 345 g/mol. The van der Waals surface area contributed by atoms with Gasteiger partial charge in [0.05, 0.1) is 17.3 Å². The Morgan fingerprint density at radius 1 is 1.14 bits per heavy atom. The Kier molecular flexibility index (Phi) is 4.08. The fraction of sp³-hybridized carbons (Fsp3) is 0.235. The molecule has 21 heavy (non-hydrogen) atoms. The van der Waals surface area contributed by atoms with E-state index in [-0.39, 0.29) is 0 Å². The van der Waals surface area contributed by atoms with Gasteiger partial charge in [-0.1, -0.05) is 46.3 Å². The van der Waals surface area contributed by atoms with Gasteiger partial charge in [-0.05, 0) is 30.2 Å². The number of fused-ring (bicyclic) bond motifs is 1. The molecule has 1 heterocycles. The number of nitrogens with zero attached hydrogens (tertiary/aromatic N) is 2. The van der Waals surface area contributed by atoms with Crippen LogP contribution in [-0.2, 0) is 19.9 Å². The van der Waals surface area contributed by atoms with Crippen LogP contribution in [0.1, 0.15) is 11.3 Å². The van der Waals surface area contributed by atoms with Crippen LogP contribution in [-0.4, -0.2) is 21.0 Å². The van der Waals surface area contributed by atoms with Gasteiger partial charge in [0.2, 0.25) is 0 Å². The lowest BCUT2D eigenvalue weighted by atomic mass is 10.0. The minimum Gasteiger partial charge on any atom is -0.392 e. The van der Waals surface area contributed by atoms with Crippen LogP contribution < -0.4 is 0 Å². The van der Waals surface area contributed by atoms with Crippen LogP contribution >= 0.6 is 15.9 Å². The molecule has 0 saturated carbocycles. The first-order valence-electron chi connectivity index (χ1n) is 6.96. The molecule has 4 heteroatoms. The highest BCUT2D eigenvalue weighted by molar-refractivity contribution is 9.10. The fourth-order valence-electron chi connectivity index (χ4n) is 2.67. The molecular formula is C17H17BrN2O. The summed E-state index contributed by atoms with van der Waals surface area (Å²) in [6.07, 6.45) is 0.760. The van der Waals surface area contributed by atoms with Gasteiger partial charge in [-0.3, -0.25) is 4.68 Å². The summed E-state index contributed by atoms with van der Waals surface area (Å²) in [7, 11) is 1.94. The number of halogens is 1.